The summed E-state index contributed by atoms with van der Waals surface area (Å²) in [6, 6.07) is 4.60. The lowest BCUT2D eigenvalue weighted by Gasteiger charge is -2.13. The topological polar surface area (TPSA) is 62.3 Å². The van der Waals surface area contributed by atoms with Gasteiger partial charge < -0.3 is 4.90 Å². The molecule has 2 rings (SSSR count). The highest BCUT2D eigenvalue weighted by Gasteiger charge is 2.16. The summed E-state index contributed by atoms with van der Waals surface area (Å²) in [6.07, 6.45) is 0.868. The third kappa shape index (κ3) is 4.43. The van der Waals surface area contributed by atoms with Crippen molar-refractivity contribution in [3.63, 3.8) is 0 Å². The minimum Gasteiger partial charge on any atom is -0.340 e. The number of carbonyl (C=O) groups is 2. The molecular formula is C15H15Cl2N3O2S. The van der Waals surface area contributed by atoms with Crippen LogP contribution >= 0.6 is 34.5 Å². The van der Waals surface area contributed by atoms with Crippen LogP contribution in [0.5, 0.6) is 0 Å². The smallest absolute Gasteiger partial charge is 0.273 e. The summed E-state index contributed by atoms with van der Waals surface area (Å²) in [7, 11) is 1.72. The molecule has 0 spiro atoms. The fourth-order valence-electron chi connectivity index (χ4n) is 1.87. The molecule has 0 fully saturated rings. The number of nitrogens with one attached hydrogen (secondary N) is 1. The zero-order valence-electron chi connectivity index (χ0n) is 12.6. The standard InChI is InChI=1S/C15H15Cl2N3O2S/c1-3-6-20(2)14(22)12-8-23-15(18-12)19-13(21)9-4-5-10(16)11(17)7-9/h4-5,7-8H,3,6H2,1-2H3,(H,18,19,21). The second-order valence-electron chi connectivity index (χ2n) is 4.85. The molecule has 0 aliphatic heterocycles. The van der Waals surface area contributed by atoms with Crippen molar-refractivity contribution in [1.82, 2.24) is 9.88 Å². The zero-order valence-corrected chi connectivity index (χ0v) is 14.9. The van der Waals surface area contributed by atoms with E-state index in [-0.39, 0.29) is 11.8 Å². The van der Waals surface area contributed by atoms with Gasteiger partial charge in [-0.15, -0.1) is 11.3 Å². The van der Waals surface area contributed by atoms with Gasteiger partial charge in [-0.3, -0.25) is 14.9 Å². The molecule has 0 saturated heterocycles. The Hall–Kier alpha value is -1.63. The molecule has 0 unspecified atom stereocenters. The van der Waals surface area contributed by atoms with E-state index in [0.717, 1.165) is 6.42 Å². The Bertz CT molecular complexity index is 733. The summed E-state index contributed by atoms with van der Waals surface area (Å²) in [5, 5.41) is 5.31. The van der Waals surface area contributed by atoms with Crippen LogP contribution in [0.4, 0.5) is 5.13 Å². The van der Waals surface area contributed by atoms with E-state index in [1.807, 2.05) is 6.92 Å². The monoisotopic (exact) mass is 371 g/mol. The summed E-state index contributed by atoms with van der Waals surface area (Å²) in [5.41, 5.74) is 0.681. The Balaban J connectivity index is 2.07. The molecule has 0 radical (unpaired) electrons. The van der Waals surface area contributed by atoms with Crippen LogP contribution in [0.25, 0.3) is 0 Å². The molecule has 8 heteroatoms. The van der Waals surface area contributed by atoms with Gasteiger partial charge in [0.2, 0.25) is 0 Å². The van der Waals surface area contributed by atoms with Crippen molar-refractivity contribution in [2.45, 2.75) is 13.3 Å². The molecule has 1 N–H and O–H groups in total. The normalized spacial score (nSPS) is 10.4. The molecule has 0 saturated carbocycles. The van der Waals surface area contributed by atoms with Crippen molar-refractivity contribution in [2.75, 3.05) is 18.9 Å². The Morgan fingerprint density at radius 1 is 1.30 bits per heavy atom. The first kappa shape index (κ1) is 17.7. The highest BCUT2D eigenvalue weighted by Crippen LogP contribution is 2.24. The van der Waals surface area contributed by atoms with Gasteiger partial charge in [-0.1, -0.05) is 30.1 Å². The van der Waals surface area contributed by atoms with E-state index in [9.17, 15) is 9.59 Å². The lowest BCUT2D eigenvalue weighted by atomic mass is 10.2. The largest absolute Gasteiger partial charge is 0.340 e. The second-order valence-corrected chi connectivity index (χ2v) is 6.52. The van der Waals surface area contributed by atoms with Crippen LogP contribution in [-0.2, 0) is 0 Å². The fraction of sp³-hybridized carbons (Fsp3) is 0.267. The van der Waals surface area contributed by atoms with Crippen molar-refractivity contribution in [3.05, 3.63) is 44.9 Å². The van der Waals surface area contributed by atoms with E-state index in [1.165, 1.54) is 17.4 Å². The number of hydrogen-bond acceptors (Lipinski definition) is 4. The van der Waals surface area contributed by atoms with Gasteiger partial charge in [0.05, 0.1) is 10.0 Å². The van der Waals surface area contributed by atoms with E-state index in [1.54, 1.807) is 29.5 Å². The van der Waals surface area contributed by atoms with Crippen LogP contribution in [0.15, 0.2) is 23.6 Å². The number of carbonyl (C=O) groups excluding carboxylic acids is 2. The molecule has 23 heavy (non-hydrogen) atoms. The Labute approximate surface area is 148 Å². The third-order valence-electron chi connectivity index (χ3n) is 3.03. The summed E-state index contributed by atoms with van der Waals surface area (Å²) in [4.78, 5) is 30.0. The van der Waals surface area contributed by atoms with Crippen LogP contribution in [0.2, 0.25) is 10.0 Å². The first-order chi connectivity index (χ1) is 10.9. The van der Waals surface area contributed by atoms with Crippen LogP contribution in [0.1, 0.15) is 34.2 Å². The number of amides is 2. The molecular weight excluding hydrogens is 357 g/mol. The minimum atomic E-state index is -0.362. The van der Waals surface area contributed by atoms with Crippen LogP contribution < -0.4 is 5.32 Å². The van der Waals surface area contributed by atoms with Gasteiger partial charge in [0.15, 0.2) is 5.13 Å². The van der Waals surface area contributed by atoms with E-state index >= 15 is 0 Å². The van der Waals surface area contributed by atoms with Gasteiger partial charge in [-0.05, 0) is 24.6 Å². The van der Waals surface area contributed by atoms with E-state index in [4.69, 9.17) is 23.2 Å². The number of nitrogens with zero attached hydrogens (tertiary/aromatic N) is 2. The summed E-state index contributed by atoms with van der Waals surface area (Å²) in [5.74, 6) is -0.531. The Kier molecular flexibility index (Phi) is 5.98. The maximum absolute atomic E-state index is 12.2. The highest BCUT2D eigenvalue weighted by molar-refractivity contribution is 7.14. The van der Waals surface area contributed by atoms with Crippen LogP contribution in [0.3, 0.4) is 0 Å². The Morgan fingerprint density at radius 2 is 2.04 bits per heavy atom. The molecule has 5 nitrogen and oxygen atoms in total. The second kappa shape index (κ2) is 7.77. The van der Waals surface area contributed by atoms with Crippen molar-refractivity contribution in [1.29, 1.82) is 0 Å². The van der Waals surface area contributed by atoms with Crippen LogP contribution in [-0.4, -0.2) is 35.3 Å². The quantitative estimate of drug-likeness (QED) is 0.856. The number of thiazole rings is 1. The molecule has 122 valence electrons. The summed E-state index contributed by atoms with van der Waals surface area (Å²) < 4.78 is 0. The van der Waals surface area contributed by atoms with Crippen molar-refractivity contribution >= 4 is 51.5 Å². The van der Waals surface area contributed by atoms with Crippen molar-refractivity contribution in [3.8, 4) is 0 Å². The number of aromatic nitrogens is 1. The molecule has 1 aromatic carbocycles. The first-order valence-electron chi connectivity index (χ1n) is 6.89. The van der Waals surface area contributed by atoms with E-state index < -0.39 is 0 Å². The number of anilines is 1. The predicted octanol–water partition coefficient (Wildman–Crippen LogP) is 4.18. The maximum atomic E-state index is 12.2. The average molecular weight is 372 g/mol. The highest BCUT2D eigenvalue weighted by atomic mass is 35.5. The number of halogens is 2. The zero-order chi connectivity index (χ0) is 17.0. The van der Waals surface area contributed by atoms with E-state index in [2.05, 4.69) is 10.3 Å². The molecule has 1 aromatic heterocycles. The van der Waals surface area contributed by atoms with Gasteiger partial charge in [0, 0.05) is 24.5 Å². The summed E-state index contributed by atoms with van der Waals surface area (Å²) >= 11 is 12.9. The first-order valence-corrected chi connectivity index (χ1v) is 8.53. The SMILES string of the molecule is CCCN(C)C(=O)c1csc(NC(=O)c2ccc(Cl)c(Cl)c2)n1. The van der Waals surface area contributed by atoms with E-state index in [0.29, 0.717) is 33.0 Å². The molecule has 2 aromatic rings. The lowest BCUT2D eigenvalue weighted by molar-refractivity contribution is 0.0790. The van der Waals surface area contributed by atoms with Gasteiger partial charge in [0.1, 0.15) is 5.69 Å². The molecule has 0 bridgehead atoms. The molecule has 0 aliphatic rings. The fourth-order valence-corrected chi connectivity index (χ4v) is 2.85. The molecule has 0 aliphatic carbocycles. The van der Waals surface area contributed by atoms with Gasteiger partial charge >= 0.3 is 0 Å². The minimum absolute atomic E-state index is 0.168. The average Bonchev–Trinajstić information content (AvgIpc) is 2.97. The third-order valence-corrected chi connectivity index (χ3v) is 4.53. The van der Waals surface area contributed by atoms with Crippen molar-refractivity contribution < 1.29 is 9.59 Å². The number of hydrogen-bond donors (Lipinski definition) is 1. The van der Waals surface area contributed by atoms with Crippen LogP contribution in [0, 0.1) is 0 Å². The predicted molar refractivity (Wildman–Crippen MR) is 93.8 cm³/mol. The maximum Gasteiger partial charge on any atom is 0.273 e. The number of benzene rings is 1. The van der Waals surface area contributed by atoms with Gasteiger partial charge in [0.25, 0.3) is 11.8 Å². The van der Waals surface area contributed by atoms with Crippen molar-refractivity contribution in [2.24, 2.45) is 0 Å². The molecule has 0 atom stereocenters. The molecule has 1 heterocycles. The number of rotatable bonds is 5. The van der Waals surface area contributed by atoms with Gasteiger partial charge in [-0.25, -0.2) is 4.98 Å². The Morgan fingerprint density at radius 3 is 2.70 bits per heavy atom. The summed E-state index contributed by atoms with van der Waals surface area (Å²) in [6.45, 7) is 2.65. The van der Waals surface area contributed by atoms with Gasteiger partial charge in [-0.2, -0.15) is 0 Å². The lowest BCUT2D eigenvalue weighted by Crippen LogP contribution is -2.27. The molecule has 2 amide bonds.